The summed E-state index contributed by atoms with van der Waals surface area (Å²) >= 11 is 1.19. The van der Waals surface area contributed by atoms with Crippen LogP contribution in [-0.2, 0) is 0 Å². The van der Waals surface area contributed by atoms with E-state index in [1.807, 2.05) is 6.07 Å². The molecule has 0 atom stereocenters. The number of anilines is 1. The molecule has 5 heteroatoms. The van der Waals surface area contributed by atoms with Crippen LogP contribution in [0.3, 0.4) is 0 Å². The molecular weight excluding hydrogens is 254 g/mol. The van der Waals surface area contributed by atoms with Gasteiger partial charge in [0.1, 0.15) is 6.07 Å². The molecule has 0 aliphatic rings. The molecule has 0 radical (unpaired) electrons. The van der Waals surface area contributed by atoms with Gasteiger partial charge < -0.3 is 5.73 Å². The molecule has 0 spiro atoms. The second-order valence-electron chi connectivity index (χ2n) is 3.55. The van der Waals surface area contributed by atoms with Crippen molar-refractivity contribution in [1.82, 2.24) is 0 Å². The lowest BCUT2D eigenvalue weighted by molar-refractivity contribution is 0.506. The summed E-state index contributed by atoms with van der Waals surface area (Å²) in [4.78, 5) is 1.17. The van der Waals surface area contributed by atoms with E-state index in [0.29, 0.717) is 21.0 Å². The topological polar surface area (TPSA) is 49.8 Å². The smallest absolute Gasteiger partial charge is 0.159 e. The molecule has 2 N–H and O–H groups in total. The zero-order valence-corrected chi connectivity index (χ0v) is 9.97. The van der Waals surface area contributed by atoms with E-state index in [2.05, 4.69) is 0 Å². The average Bonchev–Trinajstić information content (AvgIpc) is 2.36. The highest BCUT2D eigenvalue weighted by Gasteiger charge is 2.07. The highest BCUT2D eigenvalue weighted by Crippen LogP contribution is 2.31. The van der Waals surface area contributed by atoms with Gasteiger partial charge in [0.25, 0.3) is 0 Å². The van der Waals surface area contributed by atoms with E-state index in [1.165, 1.54) is 17.8 Å². The molecule has 2 nitrogen and oxygen atoms in total. The number of nitrogens with zero attached hydrogens (tertiary/aromatic N) is 1. The molecule has 0 saturated carbocycles. The van der Waals surface area contributed by atoms with Crippen molar-refractivity contribution in [3.63, 3.8) is 0 Å². The van der Waals surface area contributed by atoms with Crippen LogP contribution in [0.4, 0.5) is 14.5 Å². The van der Waals surface area contributed by atoms with Gasteiger partial charge in [-0.25, -0.2) is 8.78 Å². The molecule has 0 aliphatic carbocycles. The van der Waals surface area contributed by atoms with Gasteiger partial charge >= 0.3 is 0 Å². The van der Waals surface area contributed by atoms with Crippen LogP contribution >= 0.6 is 11.8 Å². The molecule has 0 unspecified atom stereocenters. The molecule has 0 bridgehead atoms. The Labute approximate surface area is 107 Å². The Morgan fingerprint density at radius 3 is 2.50 bits per heavy atom. The van der Waals surface area contributed by atoms with Gasteiger partial charge in [-0.05, 0) is 36.4 Å². The van der Waals surface area contributed by atoms with Crippen LogP contribution in [0.5, 0.6) is 0 Å². The molecule has 0 saturated heterocycles. The van der Waals surface area contributed by atoms with Gasteiger partial charge in [-0.1, -0.05) is 11.8 Å². The van der Waals surface area contributed by atoms with Crippen LogP contribution in [0, 0.1) is 23.0 Å². The Bertz CT molecular complexity index is 635. The van der Waals surface area contributed by atoms with Crippen molar-refractivity contribution in [2.24, 2.45) is 0 Å². The minimum Gasteiger partial charge on any atom is -0.399 e. The van der Waals surface area contributed by atoms with E-state index in [-0.39, 0.29) is 0 Å². The third kappa shape index (κ3) is 2.60. The lowest BCUT2D eigenvalue weighted by atomic mass is 10.2. The summed E-state index contributed by atoms with van der Waals surface area (Å²) in [6.45, 7) is 0. The lowest BCUT2D eigenvalue weighted by Gasteiger charge is -2.05. The maximum atomic E-state index is 13.1. The SMILES string of the molecule is N#Cc1cc(N)ccc1Sc1ccc(F)c(F)c1. The van der Waals surface area contributed by atoms with Gasteiger partial charge in [-0.3, -0.25) is 0 Å². The quantitative estimate of drug-likeness (QED) is 0.842. The van der Waals surface area contributed by atoms with Crippen LogP contribution in [0.1, 0.15) is 5.56 Å². The van der Waals surface area contributed by atoms with Crippen LogP contribution in [-0.4, -0.2) is 0 Å². The van der Waals surface area contributed by atoms with Gasteiger partial charge in [-0.2, -0.15) is 5.26 Å². The number of hydrogen-bond donors (Lipinski definition) is 1. The maximum Gasteiger partial charge on any atom is 0.159 e. The molecule has 2 aromatic rings. The first-order valence-electron chi connectivity index (χ1n) is 5.02. The number of rotatable bonds is 2. The number of nitrogen functional groups attached to an aromatic ring is 1. The van der Waals surface area contributed by atoms with E-state index < -0.39 is 11.6 Å². The third-order valence-corrected chi connectivity index (χ3v) is 3.31. The van der Waals surface area contributed by atoms with Gasteiger partial charge in [-0.15, -0.1) is 0 Å². The molecule has 18 heavy (non-hydrogen) atoms. The summed E-state index contributed by atoms with van der Waals surface area (Å²) in [5.41, 5.74) is 6.46. The Balaban J connectivity index is 2.34. The van der Waals surface area contributed by atoms with Crippen molar-refractivity contribution in [3.05, 3.63) is 53.6 Å². The zero-order chi connectivity index (χ0) is 13.1. The molecule has 0 aromatic heterocycles. The molecule has 0 fully saturated rings. The fourth-order valence-corrected chi connectivity index (χ4v) is 2.29. The molecule has 0 aliphatic heterocycles. The lowest BCUT2D eigenvalue weighted by Crippen LogP contribution is -1.89. The maximum absolute atomic E-state index is 13.1. The van der Waals surface area contributed by atoms with E-state index >= 15 is 0 Å². The van der Waals surface area contributed by atoms with Gasteiger partial charge in [0, 0.05) is 15.5 Å². The van der Waals surface area contributed by atoms with Gasteiger partial charge in [0.15, 0.2) is 11.6 Å². The van der Waals surface area contributed by atoms with Crippen LogP contribution in [0.15, 0.2) is 46.2 Å². The first-order valence-corrected chi connectivity index (χ1v) is 5.84. The predicted octanol–water partition coefficient (Wildman–Crippen LogP) is 3.57. The Morgan fingerprint density at radius 1 is 1.06 bits per heavy atom. The van der Waals surface area contributed by atoms with E-state index in [4.69, 9.17) is 11.0 Å². The minimum absolute atomic E-state index is 0.407. The zero-order valence-electron chi connectivity index (χ0n) is 9.15. The number of nitriles is 1. The van der Waals surface area contributed by atoms with Crippen LogP contribution in [0.25, 0.3) is 0 Å². The fourth-order valence-electron chi connectivity index (χ4n) is 1.39. The highest BCUT2D eigenvalue weighted by molar-refractivity contribution is 7.99. The van der Waals surface area contributed by atoms with Crippen LogP contribution < -0.4 is 5.73 Å². The first kappa shape index (κ1) is 12.4. The summed E-state index contributed by atoms with van der Waals surface area (Å²) in [5.74, 6) is -1.80. The standard InChI is InChI=1S/C13H8F2N2S/c14-11-3-2-10(6-12(11)15)18-13-4-1-9(17)5-8(13)7-16/h1-6H,17H2. The Hall–Kier alpha value is -2.06. The van der Waals surface area contributed by atoms with E-state index in [1.54, 1.807) is 18.2 Å². The second-order valence-corrected chi connectivity index (χ2v) is 4.66. The summed E-state index contributed by atoms with van der Waals surface area (Å²) in [6, 6.07) is 10.5. The fraction of sp³-hybridized carbons (Fsp3) is 0. The summed E-state index contributed by atoms with van der Waals surface area (Å²) in [5, 5.41) is 8.97. The van der Waals surface area contributed by atoms with Crippen molar-refractivity contribution >= 4 is 17.4 Å². The number of halogens is 2. The predicted molar refractivity (Wildman–Crippen MR) is 66.1 cm³/mol. The number of hydrogen-bond acceptors (Lipinski definition) is 3. The largest absolute Gasteiger partial charge is 0.399 e. The highest BCUT2D eigenvalue weighted by atomic mass is 32.2. The summed E-state index contributed by atoms with van der Waals surface area (Å²) < 4.78 is 25.8. The van der Waals surface area contributed by atoms with Crippen molar-refractivity contribution in [2.45, 2.75) is 9.79 Å². The Morgan fingerprint density at radius 2 is 1.83 bits per heavy atom. The average molecular weight is 262 g/mol. The molecule has 2 aromatic carbocycles. The third-order valence-electron chi connectivity index (χ3n) is 2.24. The molecule has 2 rings (SSSR count). The van der Waals surface area contributed by atoms with E-state index in [0.717, 1.165) is 12.1 Å². The Kier molecular flexibility index (Phi) is 3.49. The minimum atomic E-state index is -0.908. The van der Waals surface area contributed by atoms with Crippen LogP contribution in [0.2, 0.25) is 0 Å². The normalized spacial score (nSPS) is 10.1. The van der Waals surface area contributed by atoms with E-state index in [9.17, 15) is 8.78 Å². The van der Waals surface area contributed by atoms with Crippen molar-refractivity contribution in [2.75, 3.05) is 5.73 Å². The molecular formula is C13H8F2N2S. The summed E-state index contributed by atoms with van der Waals surface area (Å²) in [7, 11) is 0. The molecule has 0 amide bonds. The second kappa shape index (κ2) is 5.07. The van der Waals surface area contributed by atoms with Crippen molar-refractivity contribution < 1.29 is 8.78 Å². The van der Waals surface area contributed by atoms with Gasteiger partial charge in [0.2, 0.25) is 0 Å². The molecule has 0 heterocycles. The molecule has 90 valence electrons. The van der Waals surface area contributed by atoms with Gasteiger partial charge in [0.05, 0.1) is 5.56 Å². The first-order chi connectivity index (χ1) is 8.60. The number of nitrogens with two attached hydrogens (primary N) is 1. The number of benzene rings is 2. The van der Waals surface area contributed by atoms with Crippen molar-refractivity contribution in [1.29, 1.82) is 5.26 Å². The van der Waals surface area contributed by atoms with Crippen molar-refractivity contribution in [3.8, 4) is 6.07 Å². The monoisotopic (exact) mass is 262 g/mol. The summed E-state index contributed by atoms with van der Waals surface area (Å²) in [6.07, 6.45) is 0.